The number of carbonyl (C=O) groups is 2. The molecule has 0 N–H and O–H groups in total. The van der Waals surface area contributed by atoms with Crippen molar-refractivity contribution in [3.8, 4) is 0 Å². The van der Waals surface area contributed by atoms with Gasteiger partial charge in [0, 0.05) is 24.1 Å². The fourth-order valence-electron chi connectivity index (χ4n) is 2.25. The minimum absolute atomic E-state index is 0.141. The molecule has 1 heterocycles. The first-order chi connectivity index (χ1) is 11.7. The molecule has 0 unspecified atom stereocenters. The second kappa shape index (κ2) is 9.40. The molecule has 0 radical (unpaired) electrons. The maximum Gasteiger partial charge on any atom is 0.306 e. The van der Waals surface area contributed by atoms with Crippen molar-refractivity contribution in [1.29, 1.82) is 0 Å². The van der Waals surface area contributed by atoms with Crippen molar-refractivity contribution in [2.45, 2.75) is 26.3 Å². The molecule has 1 aromatic carbocycles. The van der Waals surface area contributed by atoms with E-state index in [2.05, 4.69) is 4.57 Å². The maximum absolute atomic E-state index is 11.3. The predicted octanol–water partition coefficient (Wildman–Crippen LogP) is 3.30. The second-order valence-electron chi connectivity index (χ2n) is 5.40. The number of aryl methyl sites for hydroxylation is 1. The molecule has 0 aliphatic carbocycles. The molecule has 2 rings (SSSR count). The molecule has 0 spiro atoms. The average molecular weight is 324 g/mol. The molecule has 1 aromatic heterocycles. The zero-order valence-electron chi connectivity index (χ0n) is 13.9. The van der Waals surface area contributed by atoms with Gasteiger partial charge in [0.05, 0.1) is 13.0 Å². The first-order valence-electron chi connectivity index (χ1n) is 8.09. The van der Waals surface area contributed by atoms with E-state index in [-0.39, 0.29) is 5.97 Å². The van der Waals surface area contributed by atoms with Crippen molar-refractivity contribution in [1.82, 2.24) is 0 Å². The van der Waals surface area contributed by atoms with E-state index in [0.717, 1.165) is 30.4 Å². The van der Waals surface area contributed by atoms with E-state index in [0.29, 0.717) is 18.6 Å². The Labute approximate surface area is 142 Å². The second-order valence-corrected chi connectivity index (χ2v) is 5.40. The third-order valence-corrected chi connectivity index (χ3v) is 3.56. The molecule has 0 saturated heterocycles. The van der Waals surface area contributed by atoms with Crippen molar-refractivity contribution in [3.05, 3.63) is 65.5 Å². The van der Waals surface area contributed by atoms with Gasteiger partial charge in [0.15, 0.2) is 12.4 Å². The number of hydrogen-bond donors (Lipinski definition) is 0. The topological polar surface area (TPSA) is 47.2 Å². The third-order valence-electron chi connectivity index (χ3n) is 3.56. The van der Waals surface area contributed by atoms with E-state index in [4.69, 9.17) is 4.74 Å². The monoisotopic (exact) mass is 324 g/mol. The minimum Gasteiger partial charge on any atom is -0.466 e. The molecular formula is C20H22NO3+. The number of nitrogens with zero attached hydrogens (tertiary/aromatic N) is 1. The van der Waals surface area contributed by atoms with Crippen molar-refractivity contribution in [2.24, 2.45) is 0 Å². The molecule has 0 saturated carbocycles. The van der Waals surface area contributed by atoms with E-state index in [9.17, 15) is 9.59 Å². The Kier molecular flexibility index (Phi) is 6.90. The summed E-state index contributed by atoms with van der Waals surface area (Å²) in [5.74, 6) is -0.141. The Hall–Kier alpha value is -2.75. The van der Waals surface area contributed by atoms with Gasteiger partial charge >= 0.3 is 5.97 Å². The molecule has 0 fully saturated rings. The number of aromatic nitrogens is 1. The van der Waals surface area contributed by atoms with Gasteiger partial charge in [0.2, 0.25) is 0 Å². The molecule has 2 aromatic rings. The average Bonchev–Trinajstić information content (AvgIpc) is 2.62. The van der Waals surface area contributed by atoms with Crippen molar-refractivity contribution < 1.29 is 18.9 Å². The highest BCUT2D eigenvalue weighted by atomic mass is 16.5. The van der Waals surface area contributed by atoms with E-state index in [1.165, 1.54) is 0 Å². The highest BCUT2D eigenvalue weighted by molar-refractivity contribution is 5.76. The molecule has 0 amide bonds. The van der Waals surface area contributed by atoms with Gasteiger partial charge in [0.25, 0.3) is 0 Å². The Bertz CT molecular complexity index is 688. The summed E-state index contributed by atoms with van der Waals surface area (Å²) in [4.78, 5) is 21.9. The number of hydrogen-bond acceptors (Lipinski definition) is 3. The molecule has 4 nitrogen and oxygen atoms in total. The van der Waals surface area contributed by atoms with Crippen LogP contribution in [0.15, 0.2) is 48.8 Å². The Balaban J connectivity index is 1.85. The van der Waals surface area contributed by atoms with Crippen LogP contribution in [-0.2, 0) is 16.1 Å². The van der Waals surface area contributed by atoms with Crippen molar-refractivity contribution in [2.75, 3.05) is 6.61 Å². The largest absolute Gasteiger partial charge is 0.466 e. The summed E-state index contributed by atoms with van der Waals surface area (Å²) in [5, 5.41) is 0. The summed E-state index contributed by atoms with van der Waals surface area (Å²) in [5.41, 5.74) is 2.82. The highest BCUT2D eigenvalue weighted by Crippen LogP contribution is 2.08. The SMILES string of the molecule is CCOC(=O)CCC[n+]1ccc(C=Cc2ccc(C=O)cc2)cc1. The lowest BCUT2D eigenvalue weighted by Crippen LogP contribution is -2.32. The molecular weight excluding hydrogens is 302 g/mol. The third kappa shape index (κ3) is 5.80. The smallest absolute Gasteiger partial charge is 0.306 e. The number of pyridine rings is 1. The van der Waals surface area contributed by atoms with Crippen LogP contribution in [0, 0.1) is 0 Å². The summed E-state index contributed by atoms with van der Waals surface area (Å²) < 4.78 is 6.96. The number of aldehydes is 1. The van der Waals surface area contributed by atoms with Crippen LogP contribution >= 0.6 is 0 Å². The molecule has 24 heavy (non-hydrogen) atoms. The molecule has 4 heteroatoms. The Morgan fingerprint density at radius 2 is 1.58 bits per heavy atom. The molecule has 0 aliphatic heterocycles. The fraction of sp³-hybridized carbons (Fsp3) is 0.250. The summed E-state index contributed by atoms with van der Waals surface area (Å²) >= 11 is 0. The zero-order valence-corrected chi connectivity index (χ0v) is 13.9. The summed E-state index contributed by atoms with van der Waals surface area (Å²) in [6, 6.07) is 11.5. The van der Waals surface area contributed by atoms with E-state index >= 15 is 0 Å². The molecule has 0 bridgehead atoms. The minimum atomic E-state index is -0.141. The van der Waals surface area contributed by atoms with Gasteiger partial charge in [-0.15, -0.1) is 0 Å². The summed E-state index contributed by atoms with van der Waals surface area (Å²) in [6.45, 7) is 3.04. The lowest BCUT2D eigenvalue weighted by Gasteiger charge is -2.00. The number of carbonyl (C=O) groups excluding carboxylic acids is 2. The van der Waals surface area contributed by atoms with Crippen LogP contribution in [0.4, 0.5) is 0 Å². The van der Waals surface area contributed by atoms with Crippen LogP contribution in [0.3, 0.4) is 0 Å². The van der Waals surface area contributed by atoms with Crippen LogP contribution in [0.1, 0.15) is 41.3 Å². The van der Waals surface area contributed by atoms with Gasteiger partial charge < -0.3 is 4.74 Å². The van der Waals surface area contributed by atoms with E-state index in [1.807, 2.05) is 55.7 Å². The standard InChI is InChI=1S/C20H22NO3/c1-2-24-20(23)4-3-13-21-14-11-18(12-15-21)6-5-17-7-9-19(16-22)10-8-17/h5-12,14-16H,2-4,13H2,1H3/q+1. The molecule has 0 aliphatic rings. The van der Waals surface area contributed by atoms with Crippen molar-refractivity contribution >= 4 is 24.4 Å². The van der Waals surface area contributed by atoms with E-state index in [1.54, 1.807) is 12.1 Å². The normalized spacial score (nSPS) is 10.7. The van der Waals surface area contributed by atoms with Gasteiger partial charge in [-0.1, -0.05) is 36.4 Å². The number of esters is 1. The summed E-state index contributed by atoms with van der Waals surface area (Å²) in [6.07, 6.45) is 10.1. The Morgan fingerprint density at radius 3 is 2.17 bits per heavy atom. The molecule has 124 valence electrons. The van der Waals surface area contributed by atoms with E-state index < -0.39 is 0 Å². The number of rotatable bonds is 8. The maximum atomic E-state index is 11.3. The van der Waals surface area contributed by atoms with Crippen LogP contribution in [0.5, 0.6) is 0 Å². The lowest BCUT2D eigenvalue weighted by molar-refractivity contribution is -0.697. The van der Waals surface area contributed by atoms with Crippen LogP contribution < -0.4 is 4.57 Å². The fourth-order valence-corrected chi connectivity index (χ4v) is 2.25. The van der Waals surface area contributed by atoms with Crippen LogP contribution in [0.2, 0.25) is 0 Å². The van der Waals surface area contributed by atoms with Gasteiger partial charge in [0.1, 0.15) is 12.8 Å². The van der Waals surface area contributed by atoms with Gasteiger partial charge in [-0.3, -0.25) is 9.59 Å². The van der Waals surface area contributed by atoms with Crippen LogP contribution in [-0.4, -0.2) is 18.9 Å². The molecule has 0 atom stereocenters. The quantitative estimate of drug-likeness (QED) is 0.425. The number of ether oxygens (including phenoxy) is 1. The Morgan fingerprint density at radius 1 is 1.00 bits per heavy atom. The predicted molar refractivity (Wildman–Crippen MR) is 93.3 cm³/mol. The highest BCUT2D eigenvalue weighted by Gasteiger charge is 2.05. The van der Waals surface area contributed by atoms with Crippen LogP contribution in [0.25, 0.3) is 12.2 Å². The first-order valence-corrected chi connectivity index (χ1v) is 8.09. The van der Waals surface area contributed by atoms with Crippen molar-refractivity contribution in [3.63, 3.8) is 0 Å². The number of benzene rings is 1. The van der Waals surface area contributed by atoms with Gasteiger partial charge in [-0.25, -0.2) is 4.57 Å². The van der Waals surface area contributed by atoms with Gasteiger partial charge in [-0.2, -0.15) is 0 Å². The summed E-state index contributed by atoms with van der Waals surface area (Å²) in [7, 11) is 0. The van der Waals surface area contributed by atoms with Gasteiger partial charge in [-0.05, 0) is 18.1 Å². The zero-order chi connectivity index (χ0) is 17.2. The lowest BCUT2D eigenvalue weighted by atomic mass is 10.1. The first kappa shape index (κ1) is 17.6.